The number of aryl methyl sites for hydroxylation is 1. The summed E-state index contributed by atoms with van der Waals surface area (Å²) in [5.41, 5.74) is 8.04. The van der Waals surface area contributed by atoms with Crippen molar-refractivity contribution >= 4 is 34.3 Å². The van der Waals surface area contributed by atoms with E-state index in [-0.39, 0.29) is 29.0 Å². The van der Waals surface area contributed by atoms with Crippen LogP contribution < -0.4 is 16.6 Å². The quantitative estimate of drug-likeness (QED) is 0.458. The van der Waals surface area contributed by atoms with Crippen molar-refractivity contribution in [3.63, 3.8) is 0 Å². The molecule has 2 atom stereocenters. The molecule has 33 heavy (non-hydrogen) atoms. The van der Waals surface area contributed by atoms with E-state index < -0.39 is 0 Å². The number of nitriles is 1. The van der Waals surface area contributed by atoms with Gasteiger partial charge in [0.05, 0.1) is 27.8 Å². The predicted octanol–water partition coefficient (Wildman–Crippen LogP) is 4.20. The third-order valence-corrected chi connectivity index (χ3v) is 5.93. The number of nitrogens with one attached hydrogen (secondary N) is 1. The lowest BCUT2D eigenvalue weighted by Crippen LogP contribution is -2.31. The predicted molar refractivity (Wildman–Crippen MR) is 130 cm³/mol. The summed E-state index contributed by atoms with van der Waals surface area (Å²) in [4.78, 5) is 26.5. The van der Waals surface area contributed by atoms with Gasteiger partial charge in [0.1, 0.15) is 23.3 Å². The molecule has 0 saturated heterocycles. The molecule has 2 heterocycles. The number of rotatable bonds is 5. The van der Waals surface area contributed by atoms with Crippen molar-refractivity contribution in [2.75, 3.05) is 11.1 Å². The molecule has 4 aromatic rings. The molecule has 3 N–H and O–H groups in total. The molecule has 4 rings (SSSR count). The van der Waals surface area contributed by atoms with Crippen LogP contribution in [0.5, 0.6) is 0 Å². The molecule has 2 aromatic carbocycles. The lowest BCUT2D eigenvalue weighted by atomic mass is 10.0. The molecular weight excluding hydrogens is 438 g/mol. The number of nitrogens with two attached hydrogens (primary N) is 1. The number of halogens is 1. The largest absolute Gasteiger partial charge is 0.368 e. The zero-order valence-electron chi connectivity index (χ0n) is 18.4. The molecule has 2 unspecified atom stereocenters. The third-order valence-electron chi connectivity index (χ3n) is 5.61. The van der Waals surface area contributed by atoms with Crippen LogP contribution >= 0.6 is 11.6 Å². The highest BCUT2D eigenvalue weighted by molar-refractivity contribution is 6.35. The summed E-state index contributed by atoms with van der Waals surface area (Å²) in [7, 11) is 0. The van der Waals surface area contributed by atoms with Gasteiger partial charge in [-0.2, -0.15) is 10.2 Å². The second-order valence-electron chi connectivity index (χ2n) is 7.90. The fourth-order valence-electron chi connectivity index (χ4n) is 3.61. The van der Waals surface area contributed by atoms with Crippen molar-refractivity contribution in [2.24, 2.45) is 0 Å². The smallest absolute Gasteiger partial charge is 0.267 e. The summed E-state index contributed by atoms with van der Waals surface area (Å²) in [6.07, 6.45) is 1.38. The van der Waals surface area contributed by atoms with Crippen molar-refractivity contribution in [3.8, 4) is 11.8 Å². The van der Waals surface area contributed by atoms with Crippen LogP contribution in [0.3, 0.4) is 0 Å². The molecule has 0 aliphatic carbocycles. The number of aromatic nitrogens is 4. The molecule has 2 aromatic heterocycles. The molecule has 0 radical (unpaired) electrons. The van der Waals surface area contributed by atoms with Crippen molar-refractivity contribution in [2.45, 2.75) is 32.7 Å². The Hall–Kier alpha value is -3.96. The summed E-state index contributed by atoms with van der Waals surface area (Å²) in [6, 6.07) is 14.7. The molecule has 0 amide bonds. The van der Waals surface area contributed by atoms with Gasteiger partial charge in [-0.3, -0.25) is 9.36 Å². The summed E-state index contributed by atoms with van der Waals surface area (Å²) in [5.74, 6) is 0.688. The van der Waals surface area contributed by atoms with Crippen molar-refractivity contribution in [1.29, 1.82) is 5.26 Å². The van der Waals surface area contributed by atoms with E-state index in [0.717, 1.165) is 5.56 Å². The van der Waals surface area contributed by atoms with E-state index in [0.29, 0.717) is 33.3 Å². The summed E-state index contributed by atoms with van der Waals surface area (Å²) in [6.45, 7) is 5.87. The first-order valence-electron chi connectivity index (χ1n) is 10.4. The molecule has 9 heteroatoms. The third kappa shape index (κ3) is 4.23. The fourth-order valence-corrected chi connectivity index (χ4v) is 3.86. The molecule has 0 saturated carbocycles. The monoisotopic (exact) mass is 459 g/mol. The number of nitrogens with zero attached hydrogens (tertiary/aromatic N) is 5. The van der Waals surface area contributed by atoms with E-state index >= 15 is 0 Å². The van der Waals surface area contributed by atoms with Crippen molar-refractivity contribution < 1.29 is 0 Å². The molecule has 0 aliphatic rings. The van der Waals surface area contributed by atoms with Gasteiger partial charge < -0.3 is 11.1 Å². The molecule has 8 nitrogen and oxygen atoms in total. The molecule has 0 fully saturated rings. The van der Waals surface area contributed by atoms with E-state index in [2.05, 4.69) is 21.4 Å². The normalized spacial score (nSPS) is 12.8. The molecule has 0 spiro atoms. The Kier molecular flexibility index (Phi) is 5.99. The summed E-state index contributed by atoms with van der Waals surface area (Å²) < 4.78 is 1.59. The Labute approximate surface area is 195 Å². The van der Waals surface area contributed by atoms with E-state index in [4.69, 9.17) is 22.3 Å². The molecule has 0 bridgehead atoms. The number of fused-ring (bicyclic) bond motifs is 1. The first-order valence-corrected chi connectivity index (χ1v) is 10.7. The minimum Gasteiger partial charge on any atom is -0.368 e. The second-order valence-corrected chi connectivity index (χ2v) is 8.31. The van der Waals surface area contributed by atoms with Crippen molar-refractivity contribution in [1.82, 2.24) is 19.5 Å². The van der Waals surface area contributed by atoms with Crippen LogP contribution in [0, 0.1) is 18.3 Å². The number of nitrogen functional groups attached to an aromatic ring is 1. The van der Waals surface area contributed by atoms with Gasteiger partial charge in [0.25, 0.3) is 5.56 Å². The summed E-state index contributed by atoms with van der Waals surface area (Å²) in [5, 5.41) is 13.3. The van der Waals surface area contributed by atoms with Crippen molar-refractivity contribution in [3.05, 3.63) is 81.0 Å². The van der Waals surface area contributed by atoms with Gasteiger partial charge in [-0.1, -0.05) is 42.3 Å². The van der Waals surface area contributed by atoms with Crippen LogP contribution in [0.15, 0.2) is 53.5 Å². The van der Waals surface area contributed by atoms with Gasteiger partial charge in [-0.05, 0) is 38.1 Å². The second kappa shape index (κ2) is 8.88. The van der Waals surface area contributed by atoms with Gasteiger partial charge in [-0.25, -0.2) is 9.97 Å². The van der Waals surface area contributed by atoms with Gasteiger partial charge >= 0.3 is 0 Å². The maximum atomic E-state index is 13.6. The standard InChI is InChI=1S/C24H22ClN7O/c1-13-7-9-17(10-8-13)32-22(30-19-6-4-5-18(25)20(19)23(32)33)14(2)15(3)29-21-16(11-26)12-28-24(27)31-21/h4-10,12,14-15H,1-3H3,(H3,27,28,29,31). The number of hydrogen-bond donors (Lipinski definition) is 2. The first kappa shape index (κ1) is 22.2. The first-order chi connectivity index (χ1) is 15.8. The average Bonchev–Trinajstić information content (AvgIpc) is 2.79. The summed E-state index contributed by atoms with van der Waals surface area (Å²) >= 11 is 6.37. The van der Waals surface area contributed by atoms with E-state index in [1.54, 1.807) is 22.8 Å². The van der Waals surface area contributed by atoms with E-state index in [1.165, 1.54) is 6.20 Å². The van der Waals surface area contributed by atoms with Crippen LogP contribution in [0.25, 0.3) is 16.6 Å². The number of hydrogen-bond acceptors (Lipinski definition) is 7. The van der Waals surface area contributed by atoms with Gasteiger partial charge in [-0.15, -0.1) is 0 Å². The minimum atomic E-state index is -0.259. The van der Waals surface area contributed by atoms with Crippen LogP contribution in [-0.2, 0) is 0 Å². The number of anilines is 2. The molecule has 166 valence electrons. The van der Waals surface area contributed by atoms with Crippen LogP contribution in [0.2, 0.25) is 5.02 Å². The average molecular weight is 460 g/mol. The highest BCUT2D eigenvalue weighted by Crippen LogP contribution is 2.27. The van der Waals surface area contributed by atoms with Gasteiger partial charge in [0.15, 0.2) is 0 Å². The molecule has 0 aliphatic heterocycles. The zero-order valence-corrected chi connectivity index (χ0v) is 19.1. The Morgan fingerprint density at radius 2 is 1.88 bits per heavy atom. The maximum absolute atomic E-state index is 13.6. The zero-order chi connectivity index (χ0) is 23.7. The minimum absolute atomic E-state index is 0.0615. The maximum Gasteiger partial charge on any atom is 0.267 e. The van der Waals surface area contributed by atoms with Crippen LogP contribution in [-0.4, -0.2) is 25.6 Å². The van der Waals surface area contributed by atoms with Gasteiger partial charge in [0.2, 0.25) is 5.95 Å². The SMILES string of the molecule is Cc1ccc(-n2c(C(C)C(C)Nc3nc(N)ncc3C#N)nc3cccc(Cl)c3c2=O)cc1. The fraction of sp³-hybridized carbons (Fsp3) is 0.208. The van der Waals surface area contributed by atoms with Crippen LogP contribution in [0.1, 0.15) is 36.7 Å². The Bertz CT molecular complexity index is 1440. The highest BCUT2D eigenvalue weighted by atomic mass is 35.5. The number of benzene rings is 2. The highest BCUT2D eigenvalue weighted by Gasteiger charge is 2.24. The lowest BCUT2D eigenvalue weighted by molar-refractivity contribution is 0.591. The Balaban J connectivity index is 1.86. The van der Waals surface area contributed by atoms with E-state index in [1.807, 2.05) is 45.0 Å². The van der Waals surface area contributed by atoms with Crippen LogP contribution in [0.4, 0.5) is 11.8 Å². The molecular formula is C24H22ClN7O. The lowest BCUT2D eigenvalue weighted by Gasteiger charge is -2.25. The van der Waals surface area contributed by atoms with E-state index in [9.17, 15) is 10.1 Å². The van der Waals surface area contributed by atoms with Gasteiger partial charge in [0, 0.05) is 12.0 Å². The topological polar surface area (TPSA) is 123 Å². The Morgan fingerprint density at radius 1 is 1.15 bits per heavy atom. The Morgan fingerprint density at radius 3 is 2.58 bits per heavy atom.